The minimum atomic E-state index is -2.81. The fourth-order valence-electron chi connectivity index (χ4n) is 0.798. The molecule has 13 heavy (non-hydrogen) atoms. The number of hydrogen-bond acceptors (Lipinski definition) is 2. The highest BCUT2D eigenvalue weighted by Gasteiger charge is 2.18. The van der Waals surface area contributed by atoms with Gasteiger partial charge < -0.3 is 5.11 Å². The first kappa shape index (κ1) is 10.7. The van der Waals surface area contributed by atoms with E-state index in [0.29, 0.717) is 5.69 Å². The number of pyridine rings is 1. The Kier molecular flexibility index (Phi) is 3.44. The summed E-state index contributed by atoms with van der Waals surface area (Å²) in [4.78, 5) is 3.49. The molecular formula is C7H5BrClF2NO. The second kappa shape index (κ2) is 4.19. The van der Waals surface area contributed by atoms with Gasteiger partial charge in [0.25, 0.3) is 6.43 Å². The minimum Gasteiger partial charge on any atom is -0.505 e. The minimum absolute atomic E-state index is 0.0264. The zero-order valence-electron chi connectivity index (χ0n) is 6.27. The van der Waals surface area contributed by atoms with Gasteiger partial charge in [-0.1, -0.05) is 0 Å². The average molecular weight is 272 g/mol. The molecule has 2 nitrogen and oxygen atoms in total. The van der Waals surface area contributed by atoms with Crippen molar-refractivity contribution in [2.24, 2.45) is 0 Å². The Hall–Kier alpha value is -0.420. The van der Waals surface area contributed by atoms with E-state index in [0.717, 1.165) is 0 Å². The molecule has 1 aromatic heterocycles. The van der Waals surface area contributed by atoms with Crippen molar-refractivity contribution in [2.75, 3.05) is 0 Å². The van der Waals surface area contributed by atoms with Crippen LogP contribution in [0.2, 0.25) is 0 Å². The van der Waals surface area contributed by atoms with E-state index in [9.17, 15) is 8.78 Å². The van der Waals surface area contributed by atoms with Crippen molar-refractivity contribution in [1.82, 2.24) is 4.98 Å². The van der Waals surface area contributed by atoms with Crippen LogP contribution in [0.1, 0.15) is 17.8 Å². The Labute approximate surface area is 86.7 Å². The zero-order chi connectivity index (χ0) is 10.0. The lowest BCUT2D eigenvalue weighted by Gasteiger charge is -2.06. The van der Waals surface area contributed by atoms with E-state index in [2.05, 4.69) is 20.9 Å². The largest absolute Gasteiger partial charge is 0.505 e. The van der Waals surface area contributed by atoms with E-state index < -0.39 is 17.9 Å². The lowest BCUT2D eigenvalue weighted by Crippen LogP contribution is -1.95. The number of aromatic hydroxyl groups is 1. The molecule has 0 atom stereocenters. The van der Waals surface area contributed by atoms with Crippen LogP contribution in [0.3, 0.4) is 0 Å². The van der Waals surface area contributed by atoms with E-state index in [4.69, 9.17) is 16.7 Å². The summed E-state index contributed by atoms with van der Waals surface area (Å²) in [6.07, 6.45) is -2.81. The van der Waals surface area contributed by atoms with Crippen molar-refractivity contribution in [3.05, 3.63) is 21.9 Å². The molecule has 72 valence electrons. The smallest absolute Gasteiger partial charge is 0.284 e. The van der Waals surface area contributed by atoms with Crippen molar-refractivity contribution >= 4 is 27.5 Å². The highest BCUT2D eigenvalue weighted by Crippen LogP contribution is 2.33. The molecule has 0 aromatic carbocycles. The van der Waals surface area contributed by atoms with E-state index in [1.165, 1.54) is 6.07 Å². The molecule has 1 aromatic rings. The first-order valence-corrected chi connectivity index (χ1v) is 4.61. The molecule has 0 saturated heterocycles. The lowest BCUT2D eigenvalue weighted by molar-refractivity contribution is 0.141. The molecule has 0 aliphatic heterocycles. The summed E-state index contributed by atoms with van der Waals surface area (Å²) in [6.45, 7) is 0. The van der Waals surface area contributed by atoms with Gasteiger partial charge in [-0.25, -0.2) is 13.8 Å². The number of hydrogen-bond donors (Lipinski definition) is 1. The van der Waals surface area contributed by atoms with Crippen molar-refractivity contribution in [3.63, 3.8) is 0 Å². The molecule has 1 N–H and O–H groups in total. The first-order valence-electron chi connectivity index (χ1n) is 3.28. The molecule has 0 aliphatic carbocycles. The second-order valence-electron chi connectivity index (χ2n) is 2.26. The Morgan fingerprint density at radius 1 is 1.62 bits per heavy atom. The highest BCUT2D eigenvalue weighted by molar-refractivity contribution is 9.10. The summed E-state index contributed by atoms with van der Waals surface area (Å²) in [6, 6.07) is 1.40. The SMILES string of the molecule is Oc1c(Br)cc(CCl)nc1C(F)F. The fourth-order valence-corrected chi connectivity index (χ4v) is 1.40. The predicted octanol–water partition coefficient (Wildman–Crippen LogP) is 3.23. The van der Waals surface area contributed by atoms with Crippen molar-refractivity contribution in [1.29, 1.82) is 0 Å². The van der Waals surface area contributed by atoms with Gasteiger partial charge in [0.15, 0.2) is 5.75 Å². The number of nitrogens with zero attached hydrogens (tertiary/aromatic N) is 1. The van der Waals surface area contributed by atoms with E-state index in [1.54, 1.807) is 0 Å². The predicted molar refractivity (Wildman–Crippen MR) is 48.1 cm³/mol. The molecule has 0 spiro atoms. The van der Waals surface area contributed by atoms with Crippen molar-refractivity contribution in [3.8, 4) is 5.75 Å². The topological polar surface area (TPSA) is 33.1 Å². The fraction of sp³-hybridized carbons (Fsp3) is 0.286. The molecule has 0 unspecified atom stereocenters. The van der Waals surface area contributed by atoms with Crippen LogP contribution in [0, 0.1) is 0 Å². The van der Waals surface area contributed by atoms with Crippen molar-refractivity contribution in [2.45, 2.75) is 12.3 Å². The number of halogens is 4. The average Bonchev–Trinajstić information content (AvgIpc) is 2.09. The summed E-state index contributed by atoms with van der Waals surface area (Å²) in [5.74, 6) is -0.512. The van der Waals surface area contributed by atoms with Gasteiger partial charge in [0, 0.05) is 0 Å². The quantitative estimate of drug-likeness (QED) is 0.839. The van der Waals surface area contributed by atoms with Crippen LogP contribution in [0.5, 0.6) is 5.75 Å². The third-order valence-corrected chi connectivity index (χ3v) is 2.25. The maximum absolute atomic E-state index is 12.2. The van der Waals surface area contributed by atoms with E-state index in [1.807, 2.05) is 0 Å². The summed E-state index contributed by atoms with van der Waals surface area (Å²) in [5.41, 5.74) is -0.355. The van der Waals surface area contributed by atoms with Crippen LogP contribution < -0.4 is 0 Å². The summed E-state index contributed by atoms with van der Waals surface area (Å²) < 4.78 is 24.7. The molecule has 0 aliphatic rings. The van der Waals surface area contributed by atoms with Gasteiger partial charge in [0.05, 0.1) is 16.0 Å². The van der Waals surface area contributed by atoms with Crippen LogP contribution in [0.25, 0.3) is 0 Å². The van der Waals surface area contributed by atoms with Gasteiger partial charge >= 0.3 is 0 Å². The van der Waals surface area contributed by atoms with Crippen molar-refractivity contribution < 1.29 is 13.9 Å². The van der Waals surface area contributed by atoms with Crippen LogP contribution in [0.15, 0.2) is 10.5 Å². The Morgan fingerprint density at radius 3 is 2.69 bits per heavy atom. The highest BCUT2D eigenvalue weighted by atomic mass is 79.9. The van der Waals surface area contributed by atoms with Gasteiger partial charge in [-0.05, 0) is 22.0 Å². The number of alkyl halides is 3. The van der Waals surface area contributed by atoms with Gasteiger partial charge in [0.2, 0.25) is 0 Å². The third kappa shape index (κ3) is 2.28. The van der Waals surface area contributed by atoms with Gasteiger partial charge in [-0.15, -0.1) is 11.6 Å². The molecule has 0 saturated carbocycles. The maximum Gasteiger partial charge on any atom is 0.284 e. The standard InChI is InChI=1S/C7H5BrClF2NO/c8-4-1-3(2-9)12-5(6(4)13)7(10)11/h1,7,13H,2H2. The van der Waals surface area contributed by atoms with Crippen LogP contribution in [0.4, 0.5) is 8.78 Å². The Balaban J connectivity index is 3.25. The van der Waals surface area contributed by atoms with Crippen LogP contribution in [-0.4, -0.2) is 10.1 Å². The molecule has 0 bridgehead atoms. The summed E-state index contributed by atoms with van der Waals surface area (Å²) in [5, 5.41) is 9.16. The van der Waals surface area contributed by atoms with E-state index in [-0.39, 0.29) is 10.4 Å². The Bertz CT molecular complexity index is 322. The van der Waals surface area contributed by atoms with Gasteiger partial charge in [-0.3, -0.25) is 0 Å². The lowest BCUT2D eigenvalue weighted by atomic mass is 10.3. The normalized spacial score (nSPS) is 10.8. The Morgan fingerprint density at radius 2 is 2.23 bits per heavy atom. The monoisotopic (exact) mass is 271 g/mol. The van der Waals surface area contributed by atoms with Gasteiger partial charge in [-0.2, -0.15) is 0 Å². The van der Waals surface area contributed by atoms with Crippen LogP contribution in [-0.2, 0) is 5.88 Å². The summed E-state index contributed by atoms with van der Waals surface area (Å²) >= 11 is 8.34. The number of aromatic nitrogens is 1. The third-order valence-electron chi connectivity index (χ3n) is 1.37. The molecule has 0 amide bonds. The molecule has 0 fully saturated rings. The van der Waals surface area contributed by atoms with Gasteiger partial charge in [0.1, 0.15) is 5.69 Å². The molecular weight excluding hydrogens is 267 g/mol. The molecule has 0 radical (unpaired) electrons. The maximum atomic E-state index is 12.2. The molecule has 1 rings (SSSR count). The van der Waals surface area contributed by atoms with E-state index >= 15 is 0 Å². The second-order valence-corrected chi connectivity index (χ2v) is 3.39. The number of rotatable bonds is 2. The molecule has 6 heteroatoms. The first-order chi connectivity index (χ1) is 6.06. The van der Waals surface area contributed by atoms with Crippen LogP contribution >= 0.6 is 27.5 Å². The summed E-state index contributed by atoms with van der Waals surface area (Å²) in [7, 11) is 0. The molecule has 1 heterocycles. The zero-order valence-corrected chi connectivity index (χ0v) is 8.61.